The average Bonchev–Trinajstić information content (AvgIpc) is 2.27. The van der Waals surface area contributed by atoms with Crippen LogP contribution in [0.1, 0.15) is 5.56 Å². The third-order valence-electron chi connectivity index (χ3n) is 2.49. The Morgan fingerprint density at radius 2 is 1.44 bits per heavy atom. The van der Waals surface area contributed by atoms with Gasteiger partial charge in [0.05, 0.1) is 0 Å². The topological polar surface area (TPSA) is 20.2 Å². The van der Waals surface area contributed by atoms with Crippen LogP contribution in [0, 0.1) is 5.82 Å². The summed E-state index contributed by atoms with van der Waals surface area (Å²) in [6, 6.07) is 8.41. The van der Waals surface area contributed by atoms with Gasteiger partial charge in [0.15, 0.2) is 0 Å². The zero-order chi connectivity index (χ0) is 13.3. The van der Waals surface area contributed by atoms with E-state index < -0.39 is 23.3 Å². The van der Waals surface area contributed by atoms with E-state index in [1.54, 1.807) is 0 Å². The van der Waals surface area contributed by atoms with E-state index in [-0.39, 0.29) is 11.1 Å². The van der Waals surface area contributed by atoms with Gasteiger partial charge in [-0.1, -0.05) is 30.3 Å². The summed E-state index contributed by atoms with van der Waals surface area (Å²) in [7, 11) is 0. The second-order valence-electron chi connectivity index (χ2n) is 3.68. The fraction of sp³-hybridized carbons (Fsp3) is 0.0769. The monoisotopic (exact) mass is 256 g/mol. The number of hydrogen-bond acceptors (Lipinski definition) is 1. The van der Waals surface area contributed by atoms with E-state index in [1.807, 2.05) is 0 Å². The Morgan fingerprint density at radius 1 is 0.833 bits per heavy atom. The third kappa shape index (κ3) is 2.16. The number of aromatic hydroxyl groups is 1. The zero-order valence-electron chi connectivity index (χ0n) is 9.00. The van der Waals surface area contributed by atoms with Crippen LogP contribution in [0.3, 0.4) is 0 Å². The molecule has 0 aliphatic rings. The molecular formula is C13H8F4O. The molecule has 2 aromatic rings. The highest BCUT2D eigenvalue weighted by atomic mass is 19.4. The molecule has 5 heteroatoms. The standard InChI is InChI=1S/C13H8F4O/c14-10-6-2-1-4-8(10)9-5-3-7-11(18)12(9)13(15,16)17/h1-7,18H. The molecule has 0 aliphatic heterocycles. The minimum Gasteiger partial charge on any atom is -0.507 e. The molecule has 0 spiro atoms. The molecule has 2 aromatic carbocycles. The SMILES string of the molecule is Oc1cccc(-c2ccccc2F)c1C(F)(F)F. The molecule has 0 saturated heterocycles. The molecule has 0 radical (unpaired) electrons. The lowest BCUT2D eigenvalue weighted by Gasteiger charge is -2.14. The van der Waals surface area contributed by atoms with E-state index >= 15 is 0 Å². The Labute approximate surface area is 100 Å². The normalized spacial score (nSPS) is 11.6. The molecule has 0 aromatic heterocycles. The van der Waals surface area contributed by atoms with Crippen LogP contribution in [-0.2, 0) is 6.18 Å². The van der Waals surface area contributed by atoms with Crippen LogP contribution in [0.5, 0.6) is 5.75 Å². The van der Waals surface area contributed by atoms with E-state index in [0.29, 0.717) is 0 Å². The van der Waals surface area contributed by atoms with E-state index in [2.05, 4.69) is 0 Å². The minimum atomic E-state index is -4.75. The van der Waals surface area contributed by atoms with Crippen LogP contribution in [0.15, 0.2) is 42.5 Å². The third-order valence-corrected chi connectivity index (χ3v) is 2.49. The maximum absolute atomic E-state index is 13.5. The van der Waals surface area contributed by atoms with E-state index in [4.69, 9.17) is 0 Å². The fourth-order valence-corrected chi connectivity index (χ4v) is 1.74. The smallest absolute Gasteiger partial charge is 0.420 e. The number of alkyl halides is 3. The summed E-state index contributed by atoms with van der Waals surface area (Å²) in [6.45, 7) is 0. The summed E-state index contributed by atoms with van der Waals surface area (Å²) in [5, 5.41) is 9.34. The first-order chi connectivity index (χ1) is 8.41. The predicted molar refractivity (Wildman–Crippen MR) is 58.5 cm³/mol. The summed E-state index contributed by atoms with van der Waals surface area (Å²) in [4.78, 5) is 0. The van der Waals surface area contributed by atoms with Crippen molar-refractivity contribution in [2.24, 2.45) is 0 Å². The van der Waals surface area contributed by atoms with Gasteiger partial charge in [0, 0.05) is 11.1 Å². The molecule has 1 N–H and O–H groups in total. The molecule has 1 nitrogen and oxygen atoms in total. The molecule has 18 heavy (non-hydrogen) atoms. The van der Waals surface area contributed by atoms with Crippen molar-refractivity contribution < 1.29 is 22.7 Å². The second-order valence-corrected chi connectivity index (χ2v) is 3.68. The summed E-state index contributed by atoms with van der Waals surface area (Å²) in [5.74, 6) is -1.68. The maximum Gasteiger partial charge on any atom is 0.420 e. The first kappa shape index (κ1) is 12.4. The van der Waals surface area contributed by atoms with Crippen LogP contribution in [0.25, 0.3) is 11.1 Å². The second kappa shape index (κ2) is 4.33. The van der Waals surface area contributed by atoms with E-state index in [1.165, 1.54) is 24.3 Å². The molecule has 0 unspecified atom stereocenters. The van der Waals surface area contributed by atoms with Crippen molar-refractivity contribution in [1.29, 1.82) is 0 Å². The van der Waals surface area contributed by atoms with E-state index in [9.17, 15) is 22.7 Å². The van der Waals surface area contributed by atoms with Gasteiger partial charge in [-0.15, -0.1) is 0 Å². The summed E-state index contributed by atoms with van der Waals surface area (Å²) in [6.07, 6.45) is -4.75. The molecule has 2 rings (SSSR count). The van der Waals surface area contributed by atoms with Crippen molar-refractivity contribution in [3.8, 4) is 16.9 Å². The number of benzene rings is 2. The quantitative estimate of drug-likeness (QED) is 0.757. The van der Waals surface area contributed by atoms with E-state index in [0.717, 1.165) is 18.2 Å². The number of phenolic OH excluding ortho intramolecular Hbond substituents is 1. The van der Waals surface area contributed by atoms with Crippen molar-refractivity contribution in [2.75, 3.05) is 0 Å². The minimum absolute atomic E-state index is 0.194. The number of halogens is 4. The van der Waals surface area contributed by atoms with Crippen LogP contribution in [-0.4, -0.2) is 5.11 Å². The van der Waals surface area contributed by atoms with Crippen LogP contribution in [0.4, 0.5) is 17.6 Å². The van der Waals surface area contributed by atoms with Crippen LogP contribution < -0.4 is 0 Å². The first-order valence-electron chi connectivity index (χ1n) is 5.05. The maximum atomic E-state index is 13.5. The summed E-state index contributed by atoms with van der Waals surface area (Å²) < 4.78 is 52.1. The molecule has 94 valence electrons. The van der Waals surface area contributed by atoms with Gasteiger partial charge in [0.2, 0.25) is 0 Å². The molecule has 0 fully saturated rings. The molecule has 0 atom stereocenters. The van der Waals surface area contributed by atoms with Gasteiger partial charge < -0.3 is 5.11 Å². The van der Waals surface area contributed by atoms with Gasteiger partial charge >= 0.3 is 6.18 Å². The largest absolute Gasteiger partial charge is 0.507 e. The molecule has 0 saturated carbocycles. The average molecular weight is 256 g/mol. The highest BCUT2D eigenvalue weighted by Crippen LogP contribution is 2.42. The number of phenols is 1. The summed E-state index contributed by atoms with van der Waals surface area (Å²) in [5.41, 5.74) is -1.79. The van der Waals surface area contributed by atoms with Gasteiger partial charge in [-0.05, 0) is 12.1 Å². The van der Waals surface area contributed by atoms with Crippen molar-refractivity contribution >= 4 is 0 Å². The van der Waals surface area contributed by atoms with Crippen LogP contribution in [0.2, 0.25) is 0 Å². The van der Waals surface area contributed by atoms with Crippen molar-refractivity contribution in [2.45, 2.75) is 6.18 Å². The Kier molecular flexibility index (Phi) is 2.98. The zero-order valence-corrected chi connectivity index (χ0v) is 9.00. The van der Waals surface area contributed by atoms with Crippen LogP contribution >= 0.6 is 0 Å². The predicted octanol–water partition coefficient (Wildman–Crippen LogP) is 4.22. The van der Waals surface area contributed by atoms with Gasteiger partial charge in [-0.2, -0.15) is 13.2 Å². The molecular weight excluding hydrogens is 248 g/mol. The Hall–Kier alpha value is -2.04. The van der Waals surface area contributed by atoms with Crippen molar-refractivity contribution in [3.63, 3.8) is 0 Å². The van der Waals surface area contributed by atoms with Gasteiger partial charge in [-0.25, -0.2) is 4.39 Å². The lowest BCUT2D eigenvalue weighted by molar-refractivity contribution is -0.138. The Bertz CT molecular complexity index is 575. The fourth-order valence-electron chi connectivity index (χ4n) is 1.74. The van der Waals surface area contributed by atoms with Crippen molar-refractivity contribution in [1.82, 2.24) is 0 Å². The highest BCUT2D eigenvalue weighted by Gasteiger charge is 2.37. The number of hydrogen-bond donors (Lipinski definition) is 1. The van der Waals surface area contributed by atoms with Gasteiger partial charge in [-0.3, -0.25) is 0 Å². The lowest BCUT2D eigenvalue weighted by Crippen LogP contribution is -2.08. The van der Waals surface area contributed by atoms with Crippen molar-refractivity contribution in [3.05, 3.63) is 53.8 Å². The lowest BCUT2D eigenvalue weighted by atomic mass is 9.98. The highest BCUT2D eigenvalue weighted by molar-refractivity contribution is 5.71. The molecule has 0 aliphatic carbocycles. The first-order valence-corrected chi connectivity index (χ1v) is 5.05. The molecule has 0 bridgehead atoms. The molecule has 0 amide bonds. The summed E-state index contributed by atoms with van der Waals surface area (Å²) >= 11 is 0. The number of rotatable bonds is 1. The Morgan fingerprint density at radius 3 is 2.06 bits per heavy atom. The Balaban J connectivity index is 2.73. The molecule has 0 heterocycles. The van der Waals surface area contributed by atoms with Gasteiger partial charge in [0.25, 0.3) is 0 Å². The van der Waals surface area contributed by atoms with Gasteiger partial charge in [0.1, 0.15) is 17.1 Å².